The fourth-order valence-corrected chi connectivity index (χ4v) is 2.99. The summed E-state index contributed by atoms with van der Waals surface area (Å²) >= 11 is 1.26. The second-order valence-electron chi connectivity index (χ2n) is 4.11. The molecule has 3 N–H and O–H groups in total. The number of primary sulfonamides is 1. The number of anilines is 2. The summed E-state index contributed by atoms with van der Waals surface area (Å²) in [6.45, 7) is 1.75. The number of aryl methyl sites for hydroxylation is 1. The van der Waals surface area contributed by atoms with E-state index in [0.29, 0.717) is 15.7 Å². The van der Waals surface area contributed by atoms with Gasteiger partial charge in [-0.15, -0.1) is 11.3 Å². The van der Waals surface area contributed by atoms with Gasteiger partial charge in [0.05, 0.1) is 12.0 Å². The Morgan fingerprint density at radius 3 is 2.76 bits per heavy atom. The number of nitrogens with two attached hydrogens (primary N) is 1. The van der Waals surface area contributed by atoms with Crippen molar-refractivity contribution in [2.24, 2.45) is 5.14 Å². The van der Waals surface area contributed by atoms with Crippen LogP contribution >= 0.6 is 11.3 Å². The van der Waals surface area contributed by atoms with Crippen LogP contribution in [0.15, 0.2) is 29.2 Å². The topological polar surface area (TPSA) is 111 Å². The van der Waals surface area contributed by atoms with Gasteiger partial charge in [0.2, 0.25) is 10.0 Å². The van der Waals surface area contributed by atoms with Gasteiger partial charge >= 0.3 is 5.97 Å². The Labute approximate surface area is 125 Å². The highest BCUT2D eigenvalue weighted by Gasteiger charge is 2.16. The van der Waals surface area contributed by atoms with E-state index in [2.05, 4.69) is 15.0 Å². The standard InChI is InChI=1S/C12H13N3O4S2/c1-7-10(11(16)19-2)15-12(20-7)14-8-4-3-5-9(6-8)21(13,17)18/h3-6H,1-2H3,(H,14,15)(H2,13,17,18). The molecule has 1 aromatic carbocycles. The van der Waals surface area contributed by atoms with E-state index in [1.807, 2.05) is 0 Å². The van der Waals surface area contributed by atoms with E-state index in [-0.39, 0.29) is 10.6 Å². The lowest BCUT2D eigenvalue weighted by Gasteiger charge is -2.04. The number of thiazole rings is 1. The van der Waals surface area contributed by atoms with Crippen LogP contribution in [0.2, 0.25) is 0 Å². The molecule has 1 heterocycles. The average molecular weight is 327 g/mol. The maximum Gasteiger partial charge on any atom is 0.357 e. The van der Waals surface area contributed by atoms with Gasteiger partial charge in [0.25, 0.3) is 0 Å². The van der Waals surface area contributed by atoms with Gasteiger partial charge < -0.3 is 10.1 Å². The van der Waals surface area contributed by atoms with Crippen LogP contribution in [-0.4, -0.2) is 26.5 Å². The molecule has 0 atom stereocenters. The minimum atomic E-state index is -3.77. The molecule has 7 nitrogen and oxygen atoms in total. The first-order valence-electron chi connectivity index (χ1n) is 5.77. The molecule has 0 unspecified atom stereocenters. The van der Waals surface area contributed by atoms with Crippen LogP contribution in [0.3, 0.4) is 0 Å². The molecule has 0 spiro atoms. The fraction of sp³-hybridized carbons (Fsp3) is 0.167. The molecule has 0 aliphatic rings. The number of benzene rings is 1. The van der Waals surface area contributed by atoms with E-state index >= 15 is 0 Å². The number of esters is 1. The van der Waals surface area contributed by atoms with Gasteiger partial charge in [-0.2, -0.15) is 0 Å². The Morgan fingerprint density at radius 2 is 2.14 bits per heavy atom. The Bertz CT molecular complexity index is 784. The number of aromatic nitrogens is 1. The van der Waals surface area contributed by atoms with E-state index in [1.165, 1.54) is 30.6 Å². The summed E-state index contributed by atoms with van der Waals surface area (Å²) in [5.41, 5.74) is 0.735. The van der Waals surface area contributed by atoms with Gasteiger partial charge in [0, 0.05) is 10.6 Å². The smallest absolute Gasteiger partial charge is 0.357 e. The van der Waals surface area contributed by atoms with Crippen molar-refractivity contribution in [3.05, 3.63) is 34.8 Å². The summed E-state index contributed by atoms with van der Waals surface area (Å²) in [5.74, 6) is -0.518. The highest BCUT2D eigenvalue weighted by molar-refractivity contribution is 7.89. The molecule has 0 saturated heterocycles. The van der Waals surface area contributed by atoms with Crippen LogP contribution in [0.1, 0.15) is 15.4 Å². The van der Waals surface area contributed by atoms with Crippen LogP contribution in [-0.2, 0) is 14.8 Å². The highest BCUT2D eigenvalue weighted by atomic mass is 32.2. The molecular formula is C12H13N3O4S2. The van der Waals surface area contributed by atoms with Gasteiger partial charge in [-0.1, -0.05) is 6.07 Å². The molecule has 0 saturated carbocycles. The number of hydrogen-bond acceptors (Lipinski definition) is 7. The van der Waals surface area contributed by atoms with Gasteiger partial charge in [0.15, 0.2) is 10.8 Å². The molecule has 0 amide bonds. The molecule has 2 aromatic rings. The summed E-state index contributed by atoms with van der Waals surface area (Å²) in [7, 11) is -2.49. The number of carbonyl (C=O) groups excluding carboxylic acids is 1. The zero-order valence-corrected chi connectivity index (χ0v) is 12.9. The van der Waals surface area contributed by atoms with Crippen molar-refractivity contribution in [3.63, 3.8) is 0 Å². The monoisotopic (exact) mass is 327 g/mol. The number of carbonyl (C=O) groups is 1. The Kier molecular flexibility index (Phi) is 4.26. The van der Waals surface area contributed by atoms with Crippen molar-refractivity contribution in [1.29, 1.82) is 0 Å². The van der Waals surface area contributed by atoms with Crippen molar-refractivity contribution in [2.45, 2.75) is 11.8 Å². The number of sulfonamides is 1. The largest absolute Gasteiger partial charge is 0.464 e. The third-order valence-corrected chi connectivity index (χ3v) is 4.39. The van der Waals surface area contributed by atoms with Crippen molar-refractivity contribution in [1.82, 2.24) is 4.98 Å². The van der Waals surface area contributed by atoms with Crippen LogP contribution < -0.4 is 10.5 Å². The Hall–Kier alpha value is -1.97. The number of hydrogen-bond donors (Lipinski definition) is 2. The van der Waals surface area contributed by atoms with Gasteiger partial charge in [0.1, 0.15) is 0 Å². The van der Waals surface area contributed by atoms with E-state index < -0.39 is 16.0 Å². The molecule has 1 aromatic heterocycles. The van der Waals surface area contributed by atoms with Gasteiger partial charge in [-0.3, -0.25) is 0 Å². The van der Waals surface area contributed by atoms with Crippen LogP contribution in [0, 0.1) is 6.92 Å². The normalized spacial score (nSPS) is 11.2. The number of nitrogens with one attached hydrogen (secondary N) is 1. The van der Waals surface area contributed by atoms with E-state index in [4.69, 9.17) is 5.14 Å². The predicted molar refractivity (Wildman–Crippen MR) is 79.3 cm³/mol. The summed E-state index contributed by atoms with van der Waals surface area (Å²) in [6, 6.07) is 6.02. The zero-order chi connectivity index (χ0) is 15.6. The first-order valence-corrected chi connectivity index (χ1v) is 8.13. The molecule has 0 radical (unpaired) electrons. The molecule has 21 heavy (non-hydrogen) atoms. The molecule has 9 heteroatoms. The van der Waals surface area contributed by atoms with Crippen molar-refractivity contribution < 1.29 is 17.9 Å². The lowest BCUT2D eigenvalue weighted by molar-refractivity contribution is 0.0594. The summed E-state index contributed by atoms with van der Waals surface area (Å²) in [4.78, 5) is 16.3. The second-order valence-corrected chi connectivity index (χ2v) is 6.88. The molecule has 0 fully saturated rings. The maximum absolute atomic E-state index is 11.5. The molecular weight excluding hydrogens is 314 g/mol. The quantitative estimate of drug-likeness (QED) is 0.826. The maximum atomic E-state index is 11.5. The zero-order valence-electron chi connectivity index (χ0n) is 11.3. The van der Waals surface area contributed by atoms with E-state index in [1.54, 1.807) is 19.1 Å². The molecule has 112 valence electrons. The van der Waals surface area contributed by atoms with Crippen molar-refractivity contribution >= 4 is 38.1 Å². The lowest BCUT2D eigenvalue weighted by atomic mass is 10.3. The number of methoxy groups -OCH3 is 1. The van der Waals surface area contributed by atoms with E-state index in [9.17, 15) is 13.2 Å². The fourth-order valence-electron chi connectivity index (χ4n) is 1.61. The number of rotatable bonds is 4. The lowest BCUT2D eigenvalue weighted by Crippen LogP contribution is -2.12. The van der Waals surface area contributed by atoms with Crippen LogP contribution in [0.5, 0.6) is 0 Å². The summed E-state index contributed by atoms with van der Waals surface area (Å²) in [6.07, 6.45) is 0. The number of ether oxygens (including phenoxy) is 1. The van der Waals surface area contributed by atoms with Crippen molar-refractivity contribution in [2.75, 3.05) is 12.4 Å². The number of nitrogens with zero attached hydrogens (tertiary/aromatic N) is 1. The third-order valence-electron chi connectivity index (χ3n) is 2.59. The minimum Gasteiger partial charge on any atom is -0.464 e. The highest BCUT2D eigenvalue weighted by Crippen LogP contribution is 2.26. The molecule has 0 aliphatic carbocycles. The SMILES string of the molecule is COC(=O)c1nc(Nc2cccc(S(N)(=O)=O)c2)sc1C. The molecule has 0 bridgehead atoms. The van der Waals surface area contributed by atoms with Crippen molar-refractivity contribution in [3.8, 4) is 0 Å². The summed E-state index contributed by atoms with van der Waals surface area (Å²) < 4.78 is 27.2. The molecule has 2 rings (SSSR count). The first-order chi connectivity index (χ1) is 9.81. The Morgan fingerprint density at radius 1 is 1.43 bits per heavy atom. The average Bonchev–Trinajstić information content (AvgIpc) is 2.78. The van der Waals surface area contributed by atoms with Gasteiger partial charge in [-0.25, -0.2) is 23.3 Å². The summed E-state index contributed by atoms with van der Waals surface area (Å²) in [5, 5.41) is 8.47. The predicted octanol–water partition coefficient (Wildman–Crippen LogP) is 1.63. The molecule has 0 aliphatic heterocycles. The minimum absolute atomic E-state index is 0.00558. The van der Waals surface area contributed by atoms with E-state index in [0.717, 1.165) is 0 Å². The third kappa shape index (κ3) is 3.57. The first kappa shape index (κ1) is 15.4. The Balaban J connectivity index is 2.29. The second kappa shape index (κ2) is 5.80. The van der Waals surface area contributed by atoms with Crippen LogP contribution in [0.25, 0.3) is 0 Å². The van der Waals surface area contributed by atoms with Crippen LogP contribution in [0.4, 0.5) is 10.8 Å². The van der Waals surface area contributed by atoms with Gasteiger partial charge in [-0.05, 0) is 25.1 Å².